The van der Waals surface area contributed by atoms with Gasteiger partial charge in [-0.15, -0.1) is 0 Å². The van der Waals surface area contributed by atoms with Crippen LogP contribution >= 0.6 is 44.1 Å². The molecular formula is C15H12Cl5N2O2SSb. The topological polar surface area (TPSA) is 68.3 Å². The zero-order valence-electron chi connectivity index (χ0n) is 13.2. The predicted octanol–water partition coefficient (Wildman–Crippen LogP) is 6.15. The first-order valence-electron chi connectivity index (χ1n) is 6.54. The molecule has 0 aliphatic rings. The van der Waals surface area contributed by atoms with Crippen molar-refractivity contribution in [3.8, 4) is 12.0 Å². The fourth-order valence-electron chi connectivity index (χ4n) is 1.26. The number of diazo groups is 1. The third kappa shape index (κ3) is 18.6. The summed E-state index contributed by atoms with van der Waals surface area (Å²) in [4.78, 5) is 3.01. The first-order valence-corrected chi connectivity index (χ1v) is 23.8. The van der Waals surface area contributed by atoms with Gasteiger partial charge < -0.3 is 4.55 Å². The number of hydrogen-bond acceptors (Lipinski definition) is 3. The summed E-state index contributed by atoms with van der Waals surface area (Å²) in [6.45, 7) is 1.91. The number of aryl methyl sites for hydroxylation is 1. The van der Waals surface area contributed by atoms with Crippen molar-refractivity contribution in [1.29, 1.82) is 5.39 Å². The van der Waals surface area contributed by atoms with Gasteiger partial charge in [0, 0.05) is 16.4 Å². The van der Waals surface area contributed by atoms with Crippen LogP contribution < -0.4 is 0 Å². The molecule has 0 bridgehead atoms. The Hall–Kier alpha value is -0.202. The van der Waals surface area contributed by atoms with E-state index in [0.29, 0.717) is 4.90 Å². The molecule has 0 radical (unpaired) electrons. The Kier molecular flexibility index (Phi) is 12.2. The molecule has 26 heavy (non-hydrogen) atoms. The van der Waals surface area contributed by atoms with Gasteiger partial charge >= 0.3 is 61.9 Å². The summed E-state index contributed by atoms with van der Waals surface area (Å²) in [5.74, 6) is 2.63. The summed E-state index contributed by atoms with van der Waals surface area (Å²) in [7, 11) is 25.2. The van der Waals surface area contributed by atoms with E-state index in [1.807, 2.05) is 37.3 Å². The van der Waals surface area contributed by atoms with Gasteiger partial charge in [0.2, 0.25) is 10.4 Å². The monoisotopic (exact) mass is 580 g/mol. The first kappa shape index (κ1) is 25.8. The van der Waals surface area contributed by atoms with E-state index in [2.05, 4.69) is 16.9 Å². The van der Waals surface area contributed by atoms with E-state index in [1.54, 1.807) is 24.3 Å². The molecule has 0 N–H and O–H groups in total. The van der Waals surface area contributed by atoms with Gasteiger partial charge in [-0.1, -0.05) is 35.9 Å². The fourth-order valence-corrected chi connectivity index (χ4v) is 1.62. The standard InChI is InChI=1S/C8H5N2.C7H8O2S.5ClH.Sb/c9-10-7-6-8-4-2-1-3-5-8;1-6-2-4-7(5-3-6)10(8)9;;;;;;/h1-5H;2-5H,1H3,(H,8,9);5*1H;/q+1;;;;;;;+5/p-6. The van der Waals surface area contributed by atoms with E-state index in [4.69, 9.17) is 49.5 Å². The molecule has 0 aromatic heterocycles. The van der Waals surface area contributed by atoms with E-state index < -0.39 is 22.8 Å². The second-order valence-corrected chi connectivity index (χ2v) is 43.3. The molecule has 140 valence electrons. The summed E-state index contributed by atoms with van der Waals surface area (Å²) < 4.78 is 20.6. The van der Waals surface area contributed by atoms with Gasteiger partial charge in [0.1, 0.15) is 0 Å². The van der Waals surface area contributed by atoms with E-state index in [1.165, 1.54) is 0 Å². The van der Waals surface area contributed by atoms with Crippen LogP contribution in [0.3, 0.4) is 0 Å². The number of halogens is 5. The second-order valence-electron chi connectivity index (χ2n) is 4.39. The van der Waals surface area contributed by atoms with Gasteiger partial charge in [-0.05, 0) is 42.3 Å². The Balaban J connectivity index is 0.000000375. The van der Waals surface area contributed by atoms with E-state index in [-0.39, 0.29) is 0 Å². The zero-order valence-corrected chi connectivity index (χ0v) is 20.3. The second kappa shape index (κ2) is 12.3. The number of benzene rings is 2. The third-order valence-electron chi connectivity index (χ3n) is 2.24. The van der Waals surface area contributed by atoms with Crippen LogP contribution in [0.2, 0.25) is 0 Å². The molecule has 0 amide bonds. The molecule has 0 saturated heterocycles. The molecule has 1 unspecified atom stereocenters. The third-order valence-corrected chi connectivity index (χ3v) is 2.89. The van der Waals surface area contributed by atoms with Crippen LogP contribution in [0.5, 0.6) is 0 Å². The molecule has 0 saturated carbocycles. The van der Waals surface area contributed by atoms with Crippen molar-refractivity contribution in [2.24, 2.45) is 0 Å². The Morgan fingerprint density at radius 2 is 1.46 bits per heavy atom. The molecule has 2 aromatic carbocycles. The van der Waals surface area contributed by atoms with E-state index >= 15 is 0 Å². The van der Waals surface area contributed by atoms with Crippen molar-refractivity contribution in [3.63, 3.8) is 0 Å². The molecule has 0 heterocycles. The molecule has 11 heteroatoms. The van der Waals surface area contributed by atoms with Gasteiger partial charge in [-0.2, -0.15) is 0 Å². The maximum absolute atomic E-state index is 10.3. The maximum atomic E-state index is 10.3. The number of rotatable bonds is 1. The van der Waals surface area contributed by atoms with E-state index in [0.717, 1.165) is 11.1 Å². The van der Waals surface area contributed by atoms with Crippen LogP contribution in [0.25, 0.3) is 4.98 Å². The first-order chi connectivity index (χ1) is 11.9. The van der Waals surface area contributed by atoms with Gasteiger partial charge in [0.15, 0.2) is 0 Å². The summed E-state index contributed by atoms with van der Waals surface area (Å²) in [5.41, 5.74) is 1.91. The molecule has 0 spiro atoms. The summed E-state index contributed by atoms with van der Waals surface area (Å²) in [6, 6.07) is 18.2. The van der Waals surface area contributed by atoms with Crippen LogP contribution in [0.4, 0.5) is 0 Å². The van der Waals surface area contributed by atoms with Crippen LogP contribution in [0.1, 0.15) is 11.1 Å². The molecule has 0 aliphatic carbocycles. The summed E-state index contributed by atoms with van der Waals surface area (Å²) >= 11 is -6.42. The summed E-state index contributed by atoms with van der Waals surface area (Å²) in [5, 5.41) is 7.98. The number of hydrogen-bond donors (Lipinski definition) is 0. The van der Waals surface area contributed by atoms with Crippen molar-refractivity contribution < 1.29 is 8.76 Å². The van der Waals surface area contributed by atoms with Crippen molar-refractivity contribution >= 4 is 66.9 Å². The summed E-state index contributed by atoms with van der Waals surface area (Å²) in [6.07, 6.45) is 0. The Morgan fingerprint density at radius 1 is 1.00 bits per heavy atom. The predicted molar refractivity (Wildman–Crippen MR) is 112 cm³/mol. The van der Waals surface area contributed by atoms with Crippen molar-refractivity contribution in [2.45, 2.75) is 11.8 Å². The quantitative estimate of drug-likeness (QED) is 0.175. The van der Waals surface area contributed by atoms with Gasteiger partial charge in [0.25, 0.3) is 0 Å². The molecule has 1 atom stereocenters. The Labute approximate surface area is 174 Å². The average Bonchev–Trinajstić information content (AvgIpc) is 2.52. The van der Waals surface area contributed by atoms with Gasteiger partial charge in [0.05, 0.1) is 0 Å². The van der Waals surface area contributed by atoms with Crippen LogP contribution in [0.15, 0.2) is 59.5 Å². The van der Waals surface area contributed by atoms with Crippen LogP contribution in [-0.4, -0.2) is 20.4 Å². The Morgan fingerprint density at radius 3 is 1.85 bits per heavy atom. The number of nitrogens with zero attached hydrogens (tertiary/aromatic N) is 2. The van der Waals surface area contributed by atoms with Crippen LogP contribution in [0, 0.1) is 24.3 Å². The molecule has 0 fully saturated rings. The molecule has 2 aromatic rings. The van der Waals surface area contributed by atoms with Crippen LogP contribution in [-0.2, 0) is 11.1 Å². The fraction of sp³-hybridized carbons (Fsp3) is 0.0667. The van der Waals surface area contributed by atoms with Gasteiger partial charge in [-0.3, -0.25) is 4.21 Å². The zero-order chi connectivity index (χ0) is 20.2. The molecular weight excluding hydrogens is 571 g/mol. The van der Waals surface area contributed by atoms with Crippen molar-refractivity contribution in [1.82, 2.24) is 0 Å². The van der Waals surface area contributed by atoms with Crippen molar-refractivity contribution in [3.05, 3.63) is 70.7 Å². The van der Waals surface area contributed by atoms with Gasteiger partial charge in [-0.25, -0.2) is 0 Å². The average molecular weight is 583 g/mol. The molecule has 2 rings (SSSR count). The Bertz CT molecular complexity index is 806. The van der Waals surface area contributed by atoms with E-state index in [9.17, 15) is 8.76 Å². The molecule has 4 nitrogen and oxygen atoms in total. The SMILES string of the molecule is Cc1ccc(S(=O)[O-])cc1.N#[N+]C#Cc1ccccc1.[Cl][Sb]([Cl])([Cl])([Cl])[Cl]. The van der Waals surface area contributed by atoms with Crippen molar-refractivity contribution in [2.75, 3.05) is 0 Å². The minimum absolute atomic E-state index is 0.339. The molecule has 0 aliphatic heterocycles. The minimum atomic E-state index is -4.33. The normalized spacial score (nSPS) is 12.2.